The van der Waals surface area contributed by atoms with Gasteiger partial charge in [0.05, 0.1) is 29.0 Å². The molecule has 0 bridgehead atoms. The summed E-state index contributed by atoms with van der Waals surface area (Å²) in [6.45, 7) is 1.26. The van der Waals surface area contributed by atoms with Crippen molar-refractivity contribution in [1.29, 1.82) is 0 Å². The number of nitrogens with one attached hydrogen (secondary N) is 2. The smallest absolute Gasteiger partial charge is 0.264 e. The Balaban J connectivity index is 1.30. The fraction of sp³-hybridized carbons (Fsp3) is 0.133. The van der Waals surface area contributed by atoms with Gasteiger partial charge in [-0.1, -0.05) is 48.5 Å². The molecule has 0 fully saturated rings. The van der Waals surface area contributed by atoms with E-state index in [-0.39, 0.29) is 29.1 Å². The first-order valence-corrected chi connectivity index (χ1v) is 14.1. The van der Waals surface area contributed by atoms with Gasteiger partial charge in [-0.15, -0.1) is 0 Å². The molecule has 0 radical (unpaired) electrons. The van der Waals surface area contributed by atoms with E-state index < -0.39 is 22.5 Å². The SMILES string of the molecule is C[C@@H](NC(=O)COc1ccc(/C=N\NC(=O)CN(c2cccnc2)S(=O)(=O)c2ccccc2)cc1)c1ccccc1. The fourth-order valence-electron chi connectivity index (χ4n) is 3.79. The van der Waals surface area contributed by atoms with Crippen molar-refractivity contribution < 1.29 is 22.7 Å². The summed E-state index contributed by atoms with van der Waals surface area (Å²) in [6, 6.07) is 27.2. The first-order chi connectivity index (χ1) is 19.8. The van der Waals surface area contributed by atoms with Crippen molar-refractivity contribution in [2.75, 3.05) is 17.5 Å². The molecule has 0 aliphatic carbocycles. The number of pyridine rings is 1. The van der Waals surface area contributed by atoms with Crippen molar-refractivity contribution in [2.45, 2.75) is 17.9 Å². The Kier molecular flexibility index (Phi) is 9.79. The monoisotopic (exact) mass is 571 g/mol. The lowest BCUT2D eigenvalue weighted by Gasteiger charge is -2.23. The van der Waals surface area contributed by atoms with Crippen LogP contribution in [0.4, 0.5) is 5.69 Å². The molecule has 11 heteroatoms. The average Bonchev–Trinajstić information content (AvgIpc) is 3.00. The second-order valence-corrected chi connectivity index (χ2v) is 10.7. The number of benzene rings is 3. The Morgan fingerprint density at radius 1 is 0.927 bits per heavy atom. The van der Waals surface area contributed by atoms with Gasteiger partial charge in [-0.3, -0.25) is 18.9 Å². The van der Waals surface area contributed by atoms with Crippen LogP contribution in [0.15, 0.2) is 119 Å². The molecule has 1 heterocycles. The molecule has 210 valence electrons. The predicted molar refractivity (Wildman–Crippen MR) is 156 cm³/mol. The van der Waals surface area contributed by atoms with Crippen LogP contribution in [-0.2, 0) is 19.6 Å². The number of rotatable bonds is 12. The molecule has 10 nitrogen and oxygen atoms in total. The molecular weight excluding hydrogens is 542 g/mol. The van der Waals surface area contributed by atoms with Crippen molar-refractivity contribution in [3.8, 4) is 5.75 Å². The lowest BCUT2D eigenvalue weighted by atomic mass is 10.1. The van der Waals surface area contributed by atoms with Gasteiger partial charge in [0, 0.05) is 6.20 Å². The molecule has 0 saturated heterocycles. The highest BCUT2D eigenvalue weighted by atomic mass is 32.2. The molecule has 1 aromatic heterocycles. The Labute approximate surface area is 238 Å². The molecule has 4 rings (SSSR count). The third-order valence-electron chi connectivity index (χ3n) is 5.88. The number of nitrogens with zero attached hydrogens (tertiary/aromatic N) is 3. The van der Waals surface area contributed by atoms with Gasteiger partial charge in [0.2, 0.25) is 0 Å². The van der Waals surface area contributed by atoms with Crippen molar-refractivity contribution in [3.63, 3.8) is 0 Å². The molecule has 0 unspecified atom stereocenters. The summed E-state index contributed by atoms with van der Waals surface area (Å²) < 4.78 is 33.0. The number of anilines is 1. The molecule has 0 aliphatic heterocycles. The zero-order valence-electron chi connectivity index (χ0n) is 22.3. The van der Waals surface area contributed by atoms with Crippen LogP contribution in [0.25, 0.3) is 0 Å². The largest absolute Gasteiger partial charge is 0.484 e. The molecule has 3 aromatic carbocycles. The van der Waals surface area contributed by atoms with E-state index in [2.05, 4.69) is 20.8 Å². The summed E-state index contributed by atoms with van der Waals surface area (Å²) >= 11 is 0. The quantitative estimate of drug-likeness (QED) is 0.197. The maximum absolute atomic E-state index is 13.3. The molecule has 4 aromatic rings. The van der Waals surface area contributed by atoms with E-state index in [1.807, 2.05) is 37.3 Å². The van der Waals surface area contributed by atoms with E-state index in [0.717, 1.165) is 9.87 Å². The number of hydrogen-bond donors (Lipinski definition) is 2. The van der Waals surface area contributed by atoms with Gasteiger partial charge in [0.15, 0.2) is 6.61 Å². The Hall–Kier alpha value is -5.03. The number of amides is 2. The number of ether oxygens (including phenoxy) is 1. The van der Waals surface area contributed by atoms with Crippen LogP contribution in [0.2, 0.25) is 0 Å². The average molecular weight is 572 g/mol. The van der Waals surface area contributed by atoms with E-state index in [1.54, 1.807) is 54.6 Å². The molecule has 0 aliphatic rings. The maximum Gasteiger partial charge on any atom is 0.264 e. The van der Waals surface area contributed by atoms with Crippen LogP contribution in [-0.4, -0.2) is 44.6 Å². The molecule has 41 heavy (non-hydrogen) atoms. The third kappa shape index (κ3) is 8.23. The summed E-state index contributed by atoms with van der Waals surface area (Å²) in [7, 11) is -4.03. The summed E-state index contributed by atoms with van der Waals surface area (Å²) in [5, 5.41) is 6.83. The maximum atomic E-state index is 13.3. The number of carbonyl (C=O) groups excluding carboxylic acids is 2. The van der Waals surface area contributed by atoms with Crippen molar-refractivity contribution in [1.82, 2.24) is 15.7 Å². The van der Waals surface area contributed by atoms with Crippen LogP contribution in [0, 0.1) is 0 Å². The topological polar surface area (TPSA) is 130 Å². The summed E-state index contributed by atoms with van der Waals surface area (Å²) in [5.41, 5.74) is 4.26. The molecule has 2 N–H and O–H groups in total. The normalized spacial score (nSPS) is 11.9. The first-order valence-electron chi connectivity index (χ1n) is 12.7. The number of carbonyl (C=O) groups is 2. The van der Waals surface area contributed by atoms with E-state index in [1.165, 1.54) is 30.7 Å². The van der Waals surface area contributed by atoms with Gasteiger partial charge in [-0.25, -0.2) is 13.8 Å². The minimum Gasteiger partial charge on any atom is -0.484 e. The number of hydrogen-bond acceptors (Lipinski definition) is 7. The van der Waals surface area contributed by atoms with Crippen molar-refractivity contribution >= 4 is 33.7 Å². The second kappa shape index (κ2) is 13.9. The minimum atomic E-state index is -4.03. The summed E-state index contributed by atoms with van der Waals surface area (Å²) in [4.78, 5) is 28.9. The molecule has 2 amide bonds. The highest BCUT2D eigenvalue weighted by Gasteiger charge is 2.27. The third-order valence-corrected chi connectivity index (χ3v) is 7.67. The standard InChI is InChI=1S/C30H29N5O5S/c1-23(25-9-4-2-5-10-25)33-30(37)22-40-27-16-14-24(15-17-27)19-32-34-29(36)21-35(26-11-8-18-31-20-26)41(38,39)28-12-6-3-7-13-28/h2-20,23H,21-22H2,1H3,(H,33,37)(H,34,36)/b32-19-/t23-/m1/s1. The Morgan fingerprint density at radius 3 is 2.27 bits per heavy atom. The van der Waals surface area contributed by atoms with Crippen molar-refractivity contribution in [2.24, 2.45) is 5.10 Å². The van der Waals surface area contributed by atoms with Gasteiger partial charge in [0.1, 0.15) is 12.3 Å². The van der Waals surface area contributed by atoms with Gasteiger partial charge in [-0.05, 0) is 66.6 Å². The van der Waals surface area contributed by atoms with Gasteiger partial charge < -0.3 is 10.1 Å². The zero-order chi connectivity index (χ0) is 29.1. The second-order valence-electron chi connectivity index (χ2n) is 8.89. The van der Waals surface area contributed by atoms with Crippen LogP contribution in [0.3, 0.4) is 0 Å². The van der Waals surface area contributed by atoms with E-state index >= 15 is 0 Å². The molecular formula is C30H29N5O5S. The van der Waals surface area contributed by atoms with Crippen LogP contribution in [0.1, 0.15) is 24.1 Å². The lowest BCUT2D eigenvalue weighted by Crippen LogP contribution is -2.39. The molecule has 0 saturated carbocycles. The Morgan fingerprint density at radius 2 is 1.61 bits per heavy atom. The van der Waals surface area contributed by atoms with E-state index in [4.69, 9.17) is 4.74 Å². The van der Waals surface area contributed by atoms with E-state index in [9.17, 15) is 18.0 Å². The van der Waals surface area contributed by atoms with E-state index in [0.29, 0.717) is 11.3 Å². The van der Waals surface area contributed by atoms with Crippen LogP contribution >= 0.6 is 0 Å². The molecule has 0 spiro atoms. The predicted octanol–water partition coefficient (Wildman–Crippen LogP) is 3.68. The molecule has 1 atom stereocenters. The van der Waals surface area contributed by atoms with Gasteiger partial charge in [-0.2, -0.15) is 5.10 Å². The highest BCUT2D eigenvalue weighted by Crippen LogP contribution is 2.22. The fourth-order valence-corrected chi connectivity index (χ4v) is 5.22. The lowest BCUT2D eigenvalue weighted by molar-refractivity contribution is -0.123. The van der Waals surface area contributed by atoms with Gasteiger partial charge in [0.25, 0.3) is 21.8 Å². The van der Waals surface area contributed by atoms with Crippen LogP contribution < -0.4 is 19.8 Å². The number of sulfonamides is 1. The Bertz CT molecular complexity index is 1570. The minimum absolute atomic E-state index is 0.0469. The highest BCUT2D eigenvalue weighted by molar-refractivity contribution is 7.92. The van der Waals surface area contributed by atoms with Gasteiger partial charge >= 0.3 is 0 Å². The number of aromatic nitrogens is 1. The summed E-state index contributed by atoms with van der Waals surface area (Å²) in [6.07, 6.45) is 4.29. The summed E-state index contributed by atoms with van der Waals surface area (Å²) in [5.74, 6) is -0.392. The van der Waals surface area contributed by atoms with Crippen LogP contribution in [0.5, 0.6) is 5.75 Å². The number of hydrazone groups is 1. The first kappa shape index (κ1) is 29.0. The van der Waals surface area contributed by atoms with Crippen molar-refractivity contribution in [3.05, 3.63) is 121 Å². The zero-order valence-corrected chi connectivity index (χ0v) is 23.1.